The molecule has 1 nitrogen and oxygen atoms in total. The smallest absolute Gasteiger partial charge is 0.132 e. The number of aryl methyl sites for hydroxylation is 1. The maximum atomic E-state index is 14.1. The van der Waals surface area contributed by atoms with Crippen LogP contribution in [0.1, 0.15) is 29.0 Å². The summed E-state index contributed by atoms with van der Waals surface area (Å²) >= 11 is 4.67. The maximum Gasteiger partial charge on any atom is 0.132 e. The van der Waals surface area contributed by atoms with Crippen molar-refractivity contribution in [3.8, 4) is 0 Å². The maximum absolute atomic E-state index is 14.1. The number of hydrogen-bond acceptors (Lipinski definition) is 2. The molecule has 5 heteroatoms. The van der Waals surface area contributed by atoms with Gasteiger partial charge in [0.25, 0.3) is 0 Å². The van der Waals surface area contributed by atoms with Crippen molar-refractivity contribution in [2.75, 3.05) is 6.54 Å². The highest BCUT2D eigenvalue weighted by Crippen LogP contribution is 2.31. The van der Waals surface area contributed by atoms with Gasteiger partial charge in [-0.25, -0.2) is 8.78 Å². The highest BCUT2D eigenvalue weighted by molar-refractivity contribution is 9.10. The summed E-state index contributed by atoms with van der Waals surface area (Å²) in [6, 6.07) is 4.09. The Bertz CT molecular complexity index is 560. The Kier molecular flexibility index (Phi) is 4.71. The van der Waals surface area contributed by atoms with Gasteiger partial charge in [0.1, 0.15) is 11.6 Å². The van der Waals surface area contributed by atoms with Gasteiger partial charge in [0, 0.05) is 14.9 Å². The molecular formula is C14H14BrF2NS. The third kappa shape index (κ3) is 3.22. The minimum Gasteiger partial charge on any atom is -0.306 e. The molecule has 1 unspecified atom stereocenters. The summed E-state index contributed by atoms with van der Waals surface area (Å²) < 4.78 is 28.5. The van der Waals surface area contributed by atoms with Gasteiger partial charge < -0.3 is 5.32 Å². The second-order valence-corrected chi connectivity index (χ2v) is 6.30. The number of benzene rings is 1. The number of hydrogen-bond donors (Lipinski definition) is 1. The van der Waals surface area contributed by atoms with Gasteiger partial charge in [0.2, 0.25) is 0 Å². The predicted octanol–water partition coefficient (Wildman–Crippen LogP) is 4.80. The zero-order chi connectivity index (χ0) is 14.0. The lowest BCUT2D eigenvalue weighted by Crippen LogP contribution is -2.23. The Morgan fingerprint density at radius 3 is 2.37 bits per heavy atom. The Balaban J connectivity index is 2.51. The Labute approximate surface area is 123 Å². The van der Waals surface area contributed by atoms with E-state index >= 15 is 0 Å². The van der Waals surface area contributed by atoms with Crippen LogP contribution < -0.4 is 5.32 Å². The molecule has 1 heterocycles. The average molecular weight is 346 g/mol. The van der Waals surface area contributed by atoms with Gasteiger partial charge in [-0.05, 0) is 42.6 Å². The van der Waals surface area contributed by atoms with Crippen LogP contribution in [0.15, 0.2) is 28.1 Å². The molecule has 1 aromatic carbocycles. The summed E-state index contributed by atoms with van der Waals surface area (Å²) in [6.07, 6.45) is 0. The summed E-state index contributed by atoms with van der Waals surface area (Å²) in [5, 5.41) is 5.08. The molecule has 1 N–H and O–H groups in total. The average Bonchev–Trinajstić information content (AvgIpc) is 2.73. The minimum absolute atomic E-state index is 0.0721. The topological polar surface area (TPSA) is 12.0 Å². The van der Waals surface area contributed by atoms with Crippen LogP contribution in [-0.4, -0.2) is 6.54 Å². The molecule has 0 amide bonds. The van der Waals surface area contributed by atoms with E-state index in [0.717, 1.165) is 10.4 Å². The molecular weight excluding hydrogens is 332 g/mol. The van der Waals surface area contributed by atoms with Gasteiger partial charge in [0.05, 0.1) is 6.04 Å². The fourth-order valence-electron chi connectivity index (χ4n) is 2.03. The van der Waals surface area contributed by atoms with Crippen molar-refractivity contribution < 1.29 is 8.78 Å². The van der Waals surface area contributed by atoms with Crippen molar-refractivity contribution in [2.24, 2.45) is 0 Å². The minimum atomic E-state index is -0.540. The molecule has 0 spiro atoms. The van der Waals surface area contributed by atoms with Crippen LogP contribution in [0.5, 0.6) is 0 Å². The van der Waals surface area contributed by atoms with Crippen molar-refractivity contribution in [2.45, 2.75) is 19.9 Å². The molecule has 1 atom stereocenters. The summed E-state index contributed by atoms with van der Waals surface area (Å²) in [5.74, 6) is -1.08. The highest BCUT2D eigenvalue weighted by Gasteiger charge is 2.22. The second kappa shape index (κ2) is 6.11. The molecule has 0 aliphatic heterocycles. The van der Waals surface area contributed by atoms with Crippen LogP contribution in [0.3, 0.4) is 0 Å². The molecule has 1 aromatic heterocycles. The lowest BCUT2D eigenvalue weighted by Gasteiger charge is -2.19. The largest absolute Gasteiger partial charge is 0.306 e. The van der Waals surface area contributed by atoms with E-state index in [4.69, 9.17) is 0 Å². The molecule has 2 rings (SSSR count). The first kappa shape index (κ1) is 14.6. The quantitative estimate of drug-likeness (QED) is 0.839. The lowest BCUT2D eigenvalue weighted by molar-refractivity contribution is 0.510. The van der Waals surface area contributed by atoms with E-state index in [1.807, 2.05) is 25.3 Å². The zero-order valence-electron chi connectivity index (χ0n) is 10.6. The number of nitrogens with one attached hydrogen (secondary N) is 1. The lowest BCUT2D eigenvalue weighted by atomic mass is 9.99. The number of thiophene rings is 1. The fourth-order valence-corrected chi connectivity index (χ4v) is 3.17. The standard InChI is InChI=1S/C14H14BrF2NS/c1-3-18-14(9-4-8(2)19-7-9)13-11(16)5-10(15)6-12(13)17/h4-7,14,18H,3H2,1-2H3. The van der Waals surface area contributed by atoms with Crippen LogP contribution in [-0.2, 0) is 0 Å². The molecule has 0 saturated carbocycles. The summed E-state index contributed by atoms with van der Waals surface area (Å²) in [5.41, 5.74) is 0.965. The number of rotatable bonds is 4. The van der Waals surface area contributed by atoms with E-state index in [1.165, 1.54) is 12.1 Å². The van der Waals surface area contributed by atoms with Crippen LogP contribution in [0, 0.1) is 18.6 Å². The van der Waals surface area contributed by atoms with E-state index < -0.39 is 17.7 Å². The van der Waals surface area contributed by atoms with Crippen molar-refractivity contribution in [3.05, 3.63) is 55.7 Å². The molecule has 0 aliphatic rings. The first-order chi connectivity index (χ1) is 9.02. The Morgan fingerprint density at radius 1 is 1.26 bits per heavy atom. The SMILES string of the molecule is CCNC(c1csc(C)c1)c1c(F)cc(Br)cc1F. The van der Waals surface area contributed by atoms with E-state index in [1.54, 1.807) is 11.3 Å². The third-order valence-electron chi connectivity index (χ3n) is 2.82. The van der Waals surface area contributed by atoms with Crippen LogP contribution in [0.2, 0.25) is 0 Å². The van der Waals surface area contributed by atoms with Crippen LogP contribution in [0.4, 0.5) is 8.78 Å². The van der Waals surface area contributed by atoms with Crippen molar-refractivity contribution in [1.82, 2.24) is 5.32 Å². The first-order valence-corrected chi connectivity index (χ1v) is 7.63. The van der Waals surface area contributed by atoms with Gasteiger partial charge in [0.15, 0.2) is 0 Å². The van der Waals surface area contributed by atoms with Crippen LogP contribution in [0.25, 0.3) is 0 Å². The van der Waals surface area contributed by atoms with Gasteiger partial charge in [-0.1, -0.05) is 22.9 Å². The van der Waals surface area contributed by atoms with E-state index in [2.05, 4.69) is 21.2 Å². The molecule has 0 radical (unpaired) electrons. The molecule has 0 saturated heterocycles. The van der Waals surface area contributed by atoms with Crippen LogP contribution >= 0.6 is 27.3 Å². The third-order valence-corrected chi connectivity index (χ3v) is 4.16. The Hall–Kier alpha value is -0.780. The van der Waals surface area contributed by atoms with Gasteiger partial charge in [-0.15, -0.1) is 11.3 Å². The number of halogens is 3. The molecule has 2 aromatic rings. The van der Waals surface area contributed by atoms with E-state index in [0.29, 0.717) is 11.0 Å². The molecule has 0 bridgehead atoms. The van der Waals surface area contributed by atoms with Crippen molar-refractivity contribution >= 4 is 27.3 Å². The zero-order valence-corrected chi connectivity index (χ0v) is 13.0. The van der Waals surface area contributed by atoms with Gasteiger partial charge in [-0.3, -0.25) is 0 Å². The summed E-state index contributed by atoms with van der Waals surface area (Å²) in [4.78, 5) is 1.12. The summed E-state index contributed by atoms with van der Waals surface area (Å²) in [7, 11) is 0. The fraction of sp³-hybridized carbons (Fsp3) is 0.286. The molecule has 19 heavy (non-hydrogen) atoms. The normalized spacial score (nSPS) is 12.7. The van der Waals surface area contributed by atoms with Gasteiger partial charge >= 0.3 is 0 Å². The first-order valence-electron chi connectivity index (χ1n) is 5.95. The molecule has 102 valence electrons. The van der Waals surface area contributed by atoms with Crippen molar-refractivity contribution in [1.29, 1.82) is 0 Å². The predicted molar refractivity (Wildman–Crippen MR) is 78.6 cm³/mol. The monoisotopic (exact) mass is 345 g/mol. The summed E-state index contributed by atoms with van der Waals surface area (Å²) in [6.45, 7) is 4.53. The van der Waals surface area contributed by atoms with Crippen molar-refractivity contribution in [3.63, 3.8) is 0 Å². The van der Waals surface area contributed by atoms with E-state index in [-0.39, 0.29) is 5.56 Å². The highest BCUT2D eigenvalue weighted by atomic mass is 79.9. The van der Waals surface area contributed by atoms with Gasteiger partial charge in [-0.2, -0.15) is 0 Å². The van der Waals surface area contributed by atoms with E-state index in [9.17, 15) is 8.78 Å². The molecule has 0 fully saturated rings. The second-order valence-electron chi connectivity index (χ2n) is 4.26. The Morgan fingerprint density at radius 2 is 1.89 bits per heavy atom. The molecule has 0 aliphatic carbocycles.